The zero-order valence-electron chi connectivity index (χ0n) is 11.8. The Morgan fingerprint density at radius 1 is 1.43 bits per heavy atom. The highest BCUT2D eigenvalue weighted by molar-refractivity contribution is 6.31. The maximum absolute atomic E-state index is 12.8. The Morgan fingerprint density at radius 2 is 2.19 bits per heavy atom. The number of carbonyl (C=O) groups is 2. The van der Waals surface area contributed by atoms with Crippen molar-refractivity contribution in [3.63, 3.8) is 0 Å². The van der Waals surface area contributed by atoms with Crippen LogP contribution in [0.3, 0.4) is 0 Å². The molecule has 1 aromatic heterocycles. The average Bonchev–Trinajstić information content (AvgIpc) is 3.28. The van der Waals surface area contributed by atoms with Gasteiger partial charge in [-0.1, -0.05) is 11.6 Å². The van der Waals surface area contributed by atoms with Crippen LogP contribution in [0.1, 0.15) is 29.4 Å². The van der Waals surface area contributed by atoms with Crippen molar-refractivity contribution in [2.24, 2.45) is 0 Å². The van der Waals surface area contributed by atoms with Crippen LogP contribution in [0.5, 0.6) is 0 Å². The number of hydrogen-bond acceptors (Lipinski definition) is 4. The number of amides is 1. The summed E-state index contributed by atoms with van der Waals surface area (Å²) >= 11 is 6.04. The third kappa shape index (κ3) is 2.78. The van der Waals surface area contributed by atoms with Gasteiger partial charge in [0.05, 0.1) is 25.3 Å². The molecule has 1 aromatic rings. The van der Waals surface area contributed by atoms with Crippen molar-refractivity contribution in [1.82, 2.24) is 9.47 Å². The van der Waals surface area contributed by atoms with E-state index in [9.17, 15) is 9.59 Å². The number of rotatable bonds is 3. The standard InChI is InChI=1S/C14H17ClN2O4/c1-20-14(19)12-8-21-5-4-16(12)13(18)11-6-9(15)7-17(11)10-2-3-10/h6-7,10,12H,2-5,8H2,1H3. The third-order valence-corrected chi connectivity index (χ3v) is 4.04. The number of aromatic nitrogens is 1. The molecule has 1 unspecified atom stereocenters. The first-order chi connectivity index (χ1) is 10.1. The van der Waals surface area contributed by atoms with Crippen molar-refractivity contribution in [3.8, 4) is 0 Å². The van der Waals surface area contributed by atoms with Crippen LogP contribution in [0.25, 0.3) is 0 Å². The molecular weight excluding hydrogens is 296 g/mol. The summed E-state index contributed by atoms with van der Waals surface area (Å²) in [6.07, 6.45) is 3.88. The number of nitrogens with zero attached hydrogens (tertiary/aromatic N) is 2. The largest absolute Gasteiger partial charge is 0.467 e. The normalized spacial score (nSPS) is 22.2. The van der Waals surface area contributed by atoms with Crippen LogP contribution in [0, 0.1) is 0 Å². The molecule has 21 heavy (non-hydrogen) atoms. The molecule has 1 saturated heterocycles. The first kappa shape index (κ1) is 14.4. The second-order valence-electron chi connectivity index (χ2n) is 5.29. The van der Waals surface area contributed by atoms with Crippen LogP contribution < -0.4 is 0 Å². The summed E-state index contributed by atoms with van der Waals surface area (Å²) in [4.78, 5) is 26.1. The number of carbonyl (C=O) groups excluding carboxylic acids is 2. The van der Waals surface area contributed by atoms with Gasteiger partial charge in [-0.05, 0) is 18.9 Å². The SMILES string of the molecule is COC(=O)C1COCCN1C(=O)c1cc(Cl)cn1C1CC1. The van der Waals surface area contributed by atoms with E-state index in [1.165, 1.54) is 12.0 Å². The van der Waals surface area contributed by atoms with Gasteiger partial charge < -0.3 is 18.9 Å². The van der Waals surface area contributed by atoms with Gasteiger partial charge in [0, 0.05) is 18.8 Å². The number of methoxy groups -OCH3 is 1. The molecule has 114 valence electrons. The summed E-state index contributed by atoms with van der Waals surface area (Å²) in [5, 5.41) is 0.535. The Balaban J connectivity index is 1.87. The fourth-order valence-electron chi connectivity index (χ4n) is 2.60. The van der Waals surface area contributed by atoms with Gasteiger partial charge in [0.1, 0.15) is 5.69 Å². The predicted octanol–water partition coefficient (Wildman–Crippen LogP) is 1.49. The highest BCUT2D eigenvalue weighted by Crippen LogP contribution is 2.37. The van der Waals surface area contributed by atoms with Crippen LogP contribution >= 0.6 is 11.6 Å². The van der Waals surface area contributed by atoms with Crippen molar-refractivity contribution in [2.45, 2.75) is 24.9 Å². The Hall–Kier alpha value is -1.53. The molecule has 2 aliphatic rings. The minimum atomic E-state index is -0.697. The molecule has 1 saturated carbocycles. The van der Waals surface area contributed by atoms with Gasteiger partial charge in [-0.15, -0.1) is 0 Å². The minimum absolute atomic E-state index is 0.163. The van der Waals surface area contributed by atoms with E-state index in [1.807, 2.05) is 4.57 Å². The van der Waals surface area contributed by atoms with E-state index < -0.39 is 12.0 Å². The molecule has 3 rings (SSSR count). The number of morpholine rings is 1. The highest BCUT2D eigenvalue weighted by Gasteiger charge is 2.37. The number of ether oxygens (including phenoxy) is 2. The fraction of sp³-hybridized carbons (Fsp3) is 0.571. The summed E-state index contributed by atoms with van der Waals surface area (Å²) < 4.78 is 12.0. The molecule has 2 heterocycles. The van der Waals surface area contributed by atoms with E-state index in [0.717, 1.165) is 12.8 Å². The van der Waals surface area contributed by atoms with Crippen LogP contribution in [-0.2, 0) is 14.3 Å². The first-order valence-corrected chi connectivity index (χ1v) is 7.33. The molecule has 0 bridgehead atoms. The van der Waals surface area contributed by atoms with Crippen molar-refractivity contribution in [1.29, 1.82) is 0 Å². The molecule has 6 nitrogen and oxygen atoms in total. The van der Waals surface area contributed by atoms with Crippen molar-refractivity contribution in [3.05, 3.63) is 23.0 Å². The van der Waals surface area contributed by atoms with E-state index in [2.05, 4.69) is 0 Å². The third-order valence-electron chi connectivity index (χ3n) is 3.84. The predicted molar refractivity (Wildman–Crippen MR) is 75.4 cm³/mol. The molecule has 1 aliphatic carbocycles. The maximum Gasteiger partial charge on any atom is 0.331 e. The van der Waals surface area contributed by atoms with Gasteiger partial charge in [-0.2, -0.15) is 0 Å². The van der Waals surface area contributed by atoms with Gasteiger partial charge in [-0.3, -0.25) is 4.79 Å². The summed E-state index contributed by atoms with van der Waals surface area (Å²) in [7, 11) is 1.31. The lowest BCUT2D eigenvalue weighted by Crippen LogP contribution is -2.53. The van der Waals surface area contributed by atoms with E-state index in [0.29, 0.717) is 29.9 Å². The van der Waals surface area contributed by atoms with Gasteiger partial charge in [0.25, 0.3) is 5.91 Å². The Labute approximate surface area is 127 Å². The molecule has 1 aliphatic heterocycles. The Bertz CT molecular complexity index is 567. The van der Waals surface area contributed by atoms with Crippen molar-refractivity contribution < 1.29 is 19.1 Å². The zero-order valence-corrected chi connectivity index (χ0v) is 12.5. The van der Waals surface area contributed by atoms with Crippen molar-refractivity contribution in [2.75, 3.05) is 26.9 Å². The first-order valence-electron chi connectivity index (χ1n) is 6.95. The van der Waals surface area contributed by atoms with E-state index in [-0.39, 0.29) is 12.5 Å². The number of esters is 1. The quantitative estimate of drug-likeness (QED) is 0.793. The molecule has 1 atom stereocenters. The molecule has 0 aromatic carbocycles. The second-order valence-corrected chi connectivity index (χ2v) is 5.73. The van der Waals surface area contributed by atoms with Crippen molar-refractivity contribution >= 4 is 23.5 Å². The lowest BCUT2D eigenvalue weighted by Gasteiger charge is -2.33. The average molecular weight is 313 g/mol. The smallest absolute Gasteiger partial charge is 0.331 e. The lowest BCUT2D eigenvalue weighted by atomic mass is 10.2. The molecule has 0 N–H and O–H groups in total. The van der Waals surface area contributed by atoms with Crippen LogP contribution in [0.15, 0.2) is 12.3 Å². The Kier molecular flexibility index (Phi) is 3.91. The lowest BCUT2D eigenvalue weighted by molar-refractivity contribution is -0.151. The summed E-state index contributed by atoms with van der Waals surface area (Å²) in [6, 6.07) is 1.30. The van der Waals surface area contributed by atoms with Gasteiger partial charge in [-0.25, -0.2) is 4.79 Å². The molecular formula is C14H17ClN2O4. The molecule has 0 spiro atoms. The number of halogens is 1. The highest BCUT2D eigenvalue weighted by atomic mass is 35.5. The van der Waals surface area contributed by atoms with Crippen LogP contribution in [0.2, 0.25) is 5.02 Å². The molecule has 0 radical (unpaired) electrons. The molecule has 1 amide bonds. The van der Waals surface area contributed by atoms with Crippen LogP contribution in [-0.4, -0.2) is 54.3 Å². The maximum atomic E-state index is 12.8. The van der Waals surface area contributed by atoms with Gasteiger partial charge >= 0.3 is 5.97 Å². The second kappa shape index (κ2) is 5.69. The molecule has 2 fully saturated rings. The summed E-state index contributed by atoms with van der Waals surface area (Å²) in [5.41, 5.74) is 0.526. The summed E-state index contributed by atoms with van der Waals surface area (Å²) in [6.45, 7) is 0.944. The van der Waals surface area contributed by atoms with Gasteiger partial charge in [0.2, 0.25) is 0 Å². The zero-order chi connectivity index (χ0) is 15.0. The van der Waals surface area contributed by atoms with E-state index in [1.54, 1.807) is 12.3 Å². The fourth-order valence-corrected chi connectivity index (χ4v) is 2.81. The van der Waals surface area contributed by atoms with Gasteiger partial charge in [0.15, 0.2) is 6.04 Å². The summed E-state index contributed by atoms with van der Waals surface area (Å²) in [5.74, 6) is -0.661. The Morgan fingerprint density at radius 3 is 2.86 bits per heavy atom. The monoisotopic (exact) mass is 312 g/mol. The minimum Gasteiger partial charge on any atom is -0.467 e. The number of hydrogen-bond donors (Lipinski definition) is 0. The van der Waals surface area contributed by atoms with Crippen LogP contribution in [0.4, 0.5) is 0 Å². The molecule has 7 heteroatoms. The topological polar surface area (TPSA) is 60.8 Å². The van der Waals surface area contributed by atoms with E-state index >= 15 is 0 Å². The van der Waals surface area contributed by atoms with E-state index in [4.69, 9.17) is 21.1 Å².